The molecule has 0 aliphatic carbocycles. The lowest BCUT2D eigenvalue weighted by molar-refractivity contribution is 0.0689. The van der Waals surface area contributed by atoms with Gasteiger partial charge >= 0.3 is 6.03 Å². The molecule has 1 atom stereocenters. The summed E-state index contributed by atoms with van der Waals surface area (Å²) in [5, 5.41) is 22.4. The molecule has 2 aromatic rings. The van der Waals surface area contributed by atoms with E-state index in [4.69, 9.17) is 0 Å². The molecule has 2 N–H and O–H groups in total. The highest BCUT2D eigenvalue weighted by Crippen LogP contribution is 2.24. The summed E-state index contributed by atoms with van der Waals surface area (Å²) in [4.78, 5) is 14.0. The third kappa shape index (κ3) is 4.30. The predicted octanol–water partition coefficient (Wildman–Crippen LogP) is 2.69. The third-order valence-electron chi connectivity index (χ3n) is 4.40. The van der Waals surface area contributed by atoms with E-state index in [1.165, 1.54) is 11.3 Å². The molecule has 1 aromatic heterocycles. The number of hydrogen-bond donors (Lipinski definition) is 2. The summed E-state index contributed by atoms with van der Waals surface area (Å²) in [6.07, 6.45) is 1.94. The van der Waals surface area contributed by atoms with Crippen LogP contribution in [0.2, 0.25) is 0 Å². The Morgan fingerprint density at radius 3 is 2.67 bits per heavy atom. The van der Waals surface area contributed by atoms with Crippen molar-refractivity contribution in [2.45, 2.75) is 32.3 Å². The zero-order valence-corrected chi connectivity index (χ0v) is 14.5. The van der Waals surface area contributed by atoms with E-state index in [1.54, 1.807) is 4.90 Å². The molecule has 0 spiro atoms. The van der Waals surface area contributed by atoms with Crippen LogP contribution in [0.4, 0.5) is 9.93 Å². The van der Waals surface area contributed by atoms with Gasteiger partial charge in [0.25, 0.3) is 0 Å². The molecule has 1 fully saturated rings. The fourth-order valence-electron chi connectivity index (χ4n) is 3.03. The largest absolute Gasteiger partial charge is 0.392 e. The Morgan fingerprint density at radius 1 is 1.33 bits per heavy atom. The Bertz CT molecular complexity index is 668. The van der Waals surface area contributed by atoms with Crippen LogP contribution >= 0.6 is 11.3 Å². The molecule has 24 heavy (non-hydrogen) atoms. The van der Waals surface area contributed by atoms with Gasteiger partial charge in [-0.05, 0) is 37.7 Å². The molecule has 2 heterocycles. The van der Waals surface area contributed by atoms with Crippen LogP contribution in [-0.4, -0.2) is 45.4 Å². The maximum Gasteiger partial charge on any atom is 0.323 e. The van der Waals surface area contributed by atoms with E-state index >= 15 is 0 Å². The number of nitrogens with zero attached hydrogens (tertiary/aromatic N) is 3. The van der Waals surface area contributed by atoms with Crippen LogP contribution in [0.25, 0.3) is 0 Å². The number of nitrogens with one attached hydrogen (secondary N) is 1. The molecule has 1 saturated heterocycles. The Hall–Kier alpha value is -1.99. The summed E-state index contributed by atoms with van der Waals surface area (Å²) >= 11 is 1.37. The van der Waals surface area contributed by atoms with Crippen molar-refractivity contribution < 1.29 is 9.90 Å². The zero-order chi connectivity index (χ0) is 16.9. The van der Waals surface area contributed by atoms with Gasteiger partial charge in [-0.15, -0.1) is 10.2 Å². The van der Waals surface area contributed by atoms with Crippen LogP contribution < -0.4 is 5.32 Å². The van der Waals surface area contributed by atoms with E-state index in [2.05, 4.69) is 15.5 Å². The maximum absolute atomic E-state index is 12.2. The average molecular weight is 346 g/mol. The number of aliphatic hydroxyl groups excluding tert-OH is 1. The molecule has 3 rings (SSSR count). The normalized spacial score (nSPS) is 16.8. The number of hydrogen-bond acceptors (Lipinski definition) is 5. The summed E-state index contributed by atoms with van der Waals surface area (Å²) in [5.41, 5.74) is 1.15. The van der Waals surface area contributed by atoms with Crippen molar-refractivity contribution in [1.82, 2.24) is 15.1 Å². The molecule has 1 aliphatic heterocycles. The Labute approximate surface area is 145 Å². The molecule has 1 aliphatic rings. The molecular weight excluding hydrogens is 324 g/mol. The number of aromatic nitrogens is 2. The molecule has 128 valence electrons. The number of piperidine rings is 1. The minimum Gasteiger partial charge on any atom is -0.392 e. The van der Waals surface area contributed by atoms with E-state index in [9.17, 15) is 9.90 Å². The zero-order valence-electron chi connectivity index (χ0n) is 13.7. The fourth-order valence-corrected chi connectivity index (χ4v) is 3.61. The summed E-state index contributed by atoms with van der Waals surface area (Å²) < 4.78 is 0. The first-order valence-electron chi connectivity index (χ1n) is 8.20. The van der Waals surface area contributed by atoms with Crippen molar-refractivity contribution in [3.8, 4) is 0 Å². The second-order valence-corrected chi connectivity index (χ2v) is 7.32. The number of anilines is 1. The number of aliphatic hydroxyl groups is 1. The highest BCUT2D eigenvalue weighted by atomic mass is 32.1. The lowest BCUT2D eigenvalue weighted by atomic mass is 9.88. The summed E-state index contributed by atoms with van der Waals surface area (Å²) in [6, 6.07) is 9.90. The monoisotopic (exact) mass is 346 g/mol. The van der Waals surface area contributed by atoms with Crippen molar-refractivity contribution in [2.75, 3.05) is 18.4 Å². The van der Waals surface area contributed by atoms with E-state index < -0.39 is 0 Å². The van der Waals surface area contributed by atoms with Crippen LogP contribution in [-0.2, 0) is 6.42 Å². The minimum absolute atomic E-state index is 0.137. The van der Waals surface area contributed by atoms with Gasteiger partial charge in [-0.25, -0.2) is 4.79 Å². The third-order valence-corrected chi connectivity index (χ3v) is 5.15. The number of aryl methyl sites for hydroxylation is 1. The van der Waals surface area contributed by atoms with E-state index in [0.717, 1.165) is 23.4 Å². The highest BCUT2D eigenvalue weighted by Gasteiger charge is 2.27. The summed E-state index contributed by atoms with van der Waals surface area (Å²) in [5.74, 6) is 0.234. The van der Waals surface area contributed by atoms with Crippen LogP contribution in [0.3, 0.4) is 0 Å². The van der Waals surface area contributed by atoms with Crippen molar-refractivity contribution in [2.24, 2.45) is 5.92 Å². The van der Waals surface area contributed by atoms with Crippen molar-refractivity contribution in [3.63, 3.8) is 0 Å². The van der Waals surface area contributed by atoms with Gasteiger partial charge in [0.15, 0.2) is 0 Å². The van der Waals surface area contributed by atoms with Gasteiger partial charge < -0.3 is 10.0 Å². The summed E-state index contributed by atoms with van der Waals surface area (Å²) in [6.45, 7) is 3.16. The number of rotatable bonds is 4. The molecule has 0 bridgehead atoms. The van der Waals surface area contributed by atoms with Crippen LogP contribution in [0.15, 0.2) is 30.3 Å². The van der Waals surface area contributed by atoms with E-state index in [-0.39, 0.29) is 18.1 Å². The number of carbonyl (C=O) groups excluding carboxylic acids is 1. The molecular formula is C17H22N4O2S. The lowest BCUT2D eigenvalue weighted by Gasteiger charge is -2.34. The number of amides is 2. The molecule has 7 heteroatoms. The van der Waals surface area contributed by atoms with Crippen LogP contribution in [0, 0.1) is 12.8 Å². The highest BCUT2D eigenvalue weighted by molar-refractivity contribution is 7.15. The van der Waals surface area contributed by atoms with E-state index in [1.807, 2.05) is 37.3 Å². The van der Waals surface area contributed by atoms with Gasteiger partial charge in [-0.2, -0.15) is 0 Å². The molecule has 1 aromatic carbocycles. The number of carbonyl (C=O) groups is 1. The SMILES string of the molecule is Cc1nnc(NC(=O)N2CCC([C@H](O)Cc3ccccc3)CC2)s1. The minimum atomic E-state index is -0.358. The molecule has 6 nitrogen and oxygen atoms in total. The maximum atomic E-state index is 12.2. The van der Waals surface area contributed by atoms with Crippen molar-refractivity contribution in [3.05, 3.63) is 40.9 Å². The Kier molecular flexibility index (Phi) is 5.42. The second-order valence-electron chi connectivity index (χ2n) is 6.14. The van der Waals surface area contributed by atoms with Crippen molar-refractivity contribution >= 4 is 22.5 Å². The van der Waals surface area contributed by atoms with Gasteiger partial charge in [0, 0.05) is 13.1 Å². The van der Waals surface area contributed by atoms with Gasteiger partial charge in [-0.3, -0.25) is 5.32 Å². The smallest absolute Gasteiger partial charge is 0.323 e. The average Bonchev–Trinajstić information content (AvgIpc) is 3.00. The van der Waals surface area contributed by atoms with Crippen molar-refractivity contribution in [1.29, 1.82) is 0 Å². The van der Waals surface area contributed by atoms with Gasteiger partial charge in [0.1, 0.15) is 5.01 Å². The molecule has 0 radical (unpaired) electrons. The first kappa shape index (κ1) is 16.9. The van der Waals surface area contributed by atoms with Crippen LogP contribution in [0.1, 0.15) is 23.4 Å². The van der Waals surface area contributed by atoms with E-state index in [0.29, 0.717) is 24.6 Å². The number of likely N-dealkylation sites (tertiary alicyclic amines) is 1. The van der Waals surface area contributed by atoms with Gasteiger partial charge in [-0.1, -0.05) is 41.7 Å². The first-order valence-corrected chi connectivity index (χ1v) is 9.01. The quantitative estimate of drug-likeness (QED) is 0.892. The van der Waals surface area contributed by atoms with Gasteiger partial charge in [0.05, 0.1) is 6.10 Å². The standard InChI is InChI=1S/C17H22N4O2S/c1-12-19-20-16(24-12)18-17(23)21-9-7-14(8-10-21)15(22)11-13-5-3-2-4-6-13/h2-6,14-15,22H,7-11H2,1H3,(H,18,20,23)/t15-/m1/s1. The first-order chi connectivity index (χ1) is 11.6. The Balaban J connectivity index is 1.47. The number of urea groups is 1. The van der Waals surface area contributed by atoms with Crippen LogP contribution in [0.5, 0.6) is 0 Å². The fraction of sp³-hybridized carbons (Fsp3) is 0.471. The number of benzene rings is 1. The lowest BCUT2D eigenvalue weighted by Crippen LogP contribution is -2.43. The topological polar surface area (TPSA) is 78.4 Å². The van der Waals surface area contributed by atoms with Gasteiger partial charge in [0.2, 0.25) is 5.13 Å². The predicted molar refractivity (Wildman–Crippen MR) is 94.1 cm³/mol. The second kappa shape index (κ2) is 7.72. The molecule has 0 unspecified atom stereocenters. The summed E-state index contributed by atoms with van der Waals surface area (Å²) in [7, 11) is 0. The molecule has 0 saturated carbocycles. The molecule has 2 amide bonds. The Morgan fingerprint density at radius 2 is 2.04 bits per heavy atom.